The van der Waals surface area contributed by atoms with Crippen LogP contribution in [0.25, 0.3) is 0 Å². The van der Waals surface area contributed by atoms with Gasteiger partial charge in [-0.1, -0.05) is 0 Å². The lowest BCUT2D eigenvalue weighted by Gasteiger charge is -2.13. The SMILES string of the molecule is COCCNCCNC(=O)CCN1CCCS1(=O)=O. The average molecular weight is 293 g/mol. The first-order valence-corrected chi connectivity index (χ1v) is 8.11. The highest BCUT2D eigenvalue weighted by molar-refractivity contribution is 7.89. The van der Waals surface area contributed by atoms with E-state index in [9.17, 15) is 13.2 Å². The molecule has 1 aliphatic heterocycles. The number of nitrogens with one attached hydrogen (secondary N) is 2. The van der Waals surface area contributed by atoms with E-state index in [1.807, 2.05) is 0 Å². The summed E-state index contributed by atoms with van der Waals surface area (Å²) in [5.41, 5.74) is 0. The molecule has 1 rings (SSSR count). The Hall–Kier alpha value is -0.700. The van der Waals surface area contributed by atoms with Crippen LogP contribution >= 0.6 is 0 Å². The molecule has 1 fully saturated rings. The summed E-state index contributed by atoms with van der Waals surface area (Å²) in [6.07, 6.45) is 0.880. The Morgan fingerprint density at radius 3 is 2.74 bits per heavy atom. The zero-order valence-corrected chi connectivity index (χ0v) is 12.2. The van der Waals surface area contributed by atoms with E-state index in [1.54, 1.807) is 7.11 Å². The minimum absolute atomic E-state index is 0.115. The maximum Gasteiger partial charge on any atom is 0.221 e. The van der Waals surface area contributed by atoms with E-state index in [-0.39, 0.29) is 24.6 Å². The predicted octanol–water partition coefficient (Wildman–Crippen LogP) is -1.24. The van der Waals surface area contributed by atoms with Gasteiger partial charge in [-0.25, -0.2) is 12.7 Å². The molecule has 1 saturated heterocycles. The number of hydrogen-bond acceptors (Lipinski definition) is 5. The first-order valence-electron chi connectivity index (χ1n) is 6.50. The number of rotatable bonds is 9. The number of hydrogen-bond donors (Lipinski definition) is 2. The highest BCUT2D eigenvalue weighted by Crippen LogP contribution is 2.12. The van der Waals surface area contributed by atoms with Crippen molar-refractivity contribution in [1.82, 2.24) is 14.9 Å². The van der Waals surface area contributed by atoms with Crippen molar-refractivity contribution in [3.8, 4) is 0 Å². The van der Waals surface area contributed by atoms with Gasteiger partial charge in [-0.05, 0) is 6.42 Å². The number of ether oxygens (including phenoxy) is 1. The molecule has 1 aliphatic rings. The fourth-order valence-electron chi connectivity index (χ4n) is 1.85. The first-order chi connectivity index (χ1) is 9.06. The number of sulfonamides is 1. The van der Waals surface area contributed by atoms with Crippen LogP contribution in [0.4, 0.5) is 0 Å². The van der Waals surface area contributed by atoms with E-state index < -0.39 is 10.0 Å². The first kappa shape index (κ1) is 16.4. The molecule has 19 heavy (non-hydrogen) atoms. The molecule has 0 saturated carbocycles. The molecular weight excluding hydrogens is 270 g/mol. The Labute approximate surface area is 114 Å². The van der Waals surface area contributed by atoms with Crippen LogP contribution < -0.4 is 10.6 Å². The standard InChI is InChI=1S/C11H23N3O4S/c1-18-9-6-12-4-5-13-11(15)3-8-14-7-2-10-19(14,16)17/h12H,2-10H2,1H3,(H,13,15). The maximum absolute atomic E-state index is 11.5. The van der Waals surface area contributed by atoms with Crippen molar-refractivity contribution in [1.29, 1.82) is 0 Å². The third kappa shape index (κ3) is 6.33. The number of carbonyl (C=O) groups is 1. The summed E-state index contributed by atoms with van der Waals surface area (Å²) in [6, 6.07) is 0. The number of amides is 1. The van der Waals surface area contributed by atoms with Crippen molar-refractivity contribution in [2.75, 3.05) is 52.2 Å². The Morgan fingerprint density at radius 2 is 2.11 bits per heavy atom. The minimum Gasteiger partial charge on any atom is -0.383 e. The maximum atomic E-state index is 11.5. The van der Waals surface area contributed by atoms with Gasteiger partial charge in [-0.2, -0.15) is 0 Å². The second-order valence-electron chi connectivity index (χ2n) is 4.41. The molecule has 1 amide bonds. The normalized spacial score (nSPS) is 18.6. The van der Waals surface area contributed by atoms with Gasteiger partial charge in [-0.15, -0.1) is 0 Å². The smallest absolute Gasteiger partial charge is 0.221 e. The van der Waals surface area contributed by atoms with Gasteiger partial charge in [0, 0.05) is 46.3 Å². The Bertz CT molecular complexity index is 372. The molecular formula is C11H23N3O4S. The fraction of sp³-hybridized carbons (Fsp3) is 0.909. The molecule has 0 bridgehead atoms. The second-order valence-corrected chi connectivity index (χ2v) is 6.50. The lowest BCUT2D eigenvalue weighted by molar-refractivity contribution is -0.121. The molecule has 1 heterocycles. The summed E-state index contributed by atoms with van der Waals surface area (Å²) >= 11 is 0. The van der Waals surface area contributed by atoms with Gasteiger partial charge in [-0.3, -0.25) is 4.79 Å². The summed E-state index contributed by atoms with van der Waals surface area (Å²) in [7, 11) is -1.46. The van der Waals surface area contributed by atoms with Crippen LogP contribution in [0.5, 0.6) is 0 Å². The molecule has 8 heteroatoms. The quantitative estimate of drug-likeness (QED) is 0.520. The van der Waals surface area contributed by atoms with Crippen molar-refractivity contribution in [3.63, 3.8) is 0 Å². The largest absolute Gasteiger partial charge is 0.383 e. The monoisotopic (exact) mass is 293 g/mol. The van der Waals surface area contributed by atoms with E-state index >= 15 is 0 Å². The Balaban J connectivity index is 2.05. The number of nitrogens with zero attached hydrogens (tertiary/aromatic N) is 1. The Morgan fingerprint density at radius 1 is 1.32 bits per heavy atom. The van der Waals surface area contributed by atoms with E-state index in [0.717, 1.165) is 6.54 Å². The lowest BCUT2D eigenvalue weighted by atomic mass is 10.3. The molecule has 0 atom stereocenters. The van der Waals surface area contributed by atoms with Crippen LogP contribution in [0.15, 0.2) is 0 Å². The van der Waals surface area contributed by atoms with Crippen LogP contribution in [-0.4, -0.2) is 70.8 Å². The zero-order valence-electron chi connectivity index (χ0n) is 11.4. The highest BCUT2D eigenvalue weighted by atomic mass is 32.2. The molecule has 0 aromatic heterocycles. The Kier molecular flexibility index (Phi) is 7.29. The average Bonchev–Trinajstić information content (AvgIpc) is 2.70. The van der Waals surface area contributed by atoms with Gasteiger partial charge in [0.1, 0.15) is 0 Å². The molecule has 2 N–H and O–H groups in total. The molecule has 0 aliphatic carbocycles. The zero-order chi connectivity index (χ0) is 14.1. The summed E-state index contributed by atoms with van der Waals surface area (Å²) < 4.78 is 29.3. The van der Waals surface area contributed by atoms with Crippen molar-refractivity contribution >= 4 is 15.9 Å². The van der Waals surface area contributed by atoms with E-state index in [1.165, 1.54) is 4.31 Å². The lowest BCUT2D eigenvalue weighted by Crippen LogP contribution is -2.35. The van der Waals surface area contributed by atoms with Gasteiger partial charge in [0.15, 0.2) is 0 Å². The summed E-state index contributed by atoms with van der Waals surface area (Å²) in [5.74, 6) is 0.0912. The molecule has 0 spiro atoms. The topological polar surface area (TPSA) is 87.7 Å². The summed E-state index contributed by atoms with van der Waals surface area (Å²) in [6.45, 7) is 3.42. The summed E-state index contributed by atoms with van der Waals surface area (Å²) in [5, 5.41) is 5.85. The van der Waals surface area contributed by atoms with Crippen LogP contribution in [0.2, 0.25) is 0 Å². The van der Waals surface area contributed by atoms with Crippen molar-refractivity contribution in [2.24, 2.45) is 0 Å². The van der Waals surface area contributed by atoms with E-state index in [4.69, 9.17) is 4.74 Å². The molecule has 0 unspecified atom stereocenters. The molecule has 0 radical (unpaired) electrons. The van der Waals surface area contributed by atoms with Gasteiger partial charge in [0.25, 0.3) is 0 Å². The van der Waals surface area contributed by atoms with Gasteiger partial charge in [0.05, 0.1) is 12.4 Å². The number of carbonyl (C=O) groups excluding carboxylic acids is 1. The van der Waals surface area contributed by atoms with Crippen LogP contribution in [0.3, 0.4) is 0 Å². The van der Waals surface area contributed by atoms with E-state index in [2.05, 4.69) is 10.6 Å². The van der Waals surface area contributed by atoms with Gasteiger partial charge >= 0.3 is 0 Å². The molecule has 0 aromatic carbocycles. The van der Waals surface area contributed by atoms with Crippen molar-refractivity contribution in [3.05, 3.63) is 0 Å². The van der Waals surface area contributed by atoms with Crippen molar-refractivity contribution < 1.29 is 17.9 Å². The van der Waals surface area contributed by atoms with Crippen LogP contribution in [0.1, 0.15) is 12.8 Å². The van der Waals surface area contributed by atoms with E-state index in [0.29, 0.717) is 32.7 Å². The van der Waals surface area contributed by atoms with Crippen LogP contribution in [-0.2, 0) is 19.6 Å². The fourth-order valence-corrected chi connectivity index (χ4v) is 3.38. The molecule has 0 aromatic rings. The minimum atomic E-state index is -3.09. The van der Waals surface area contributed by atoms with Gasteiger partial charge < -0.3 is 15.4 Å². The van der Waals surface area contributed by atoms with Gasteiger partial charge in [0.2, 0.25) is 15.9 Å². The number of methoxy groups -OCH3 is 1. The molecule has 112 valence electrons. The predicted molar refractivity (Wildman–Crippen MR) is 72.3 cm³/mol. The third-order valence-corrected chi connectivity index (χ3v) is 4.85. The third-order valence-electron chi connectivity index (χ3n) is 2.90. The molecule has 7 nitrogen and oxygen atoms in total. The van der Waals surface area contributed by atoms with Crippen LogP contribution in [0, 0.1) is 0 Å². The highest BCUT2D eigenvalue weighted by Gasteiger charge is 2.27. The summed E-state index contributed by atoms with van der Waals surface area (Å²) in [4.78, 5) is 11.5. The second kappa shape index (κ2) is 8.47. The van der Waals surface area contributed by atoms with Crippen molar-refractivity contribution in [2.45, 2.75) is 12.8 Å².